The van der Waals surface area contributed by atoms with Crippen LogP contribution in [0.15, 0.2) is 23.2 Å². The summed E-state index contributed by atoms with van der Waals surface area (Å²) in [6, 6.07) is 4.74. The van der Waals surface area contributed by atoms with Crippen molar-refractivity contribution in [3.8, 4) is 0 Å². The lowest BCUT2D eigenvalue weighted by molar-refractivity contribution is 0.0730. The molecule has 154 valence electrons. The second-order valence-electron chi connectivity index (χ2n) is 6.07. The van der Waals surface area contributed by atoms with Gasteiger partial charge >= 0.3 is 0 Å². The van der Waals surface area contributed by atoms with Crippen molar-refractivity contribution in [3.05, 3.63) is 35.1 Å². The van der Waals surface area contributed by atoms with Crippen LogP contribution >= 0.6 is 24.0 Å². The largest absolute Gasteiger partial charge is 0.379 e. The van der Waals surface area contributed by atoms with Crippen molar-refractivity contribution in [1.29, 1.82) is 0 Å². The lowest BCUT2D eigenvalue weighted by Crippen LogP contribution is -2.45. The van der Waals surface area contributed by atoms with E-state index in [-0.39, 0.29) is 42.1 Å². The molecule has 1 saturated heterocycles. The summed E-state index contributed by atoms with van der Waals surface area (Å²) in [5.74, 6) is 0.310. The van der Waals surface area contributed by atoms with Gasteiger partial charge in [0, 0.05) is 33.2 Å². The summed E-state index contributed by atoms with van der Waals surface area (Å²) in [6.45, 7) is 4.47. The van der Waals surface area contributed by atoms with E-state index in [1.807, 2.05) is 6.92 Å². The van der Waals surface area contributed by atoms with Crippen LogP contribution in [0.3, 0.4) is 0 Å². The van der Waals surface area contributed by atoms with Crippen LogP contribution in [-0.4, -0.2) is 70.9 Å². The first-order valence-electron chi connectivity index (χ1n) is 8.67. The number of aryl methyl sites for hydroxylation is 1. The first-order chi connectivity index (χ1) is 12.4. The summed E-state index contributed by atoms with van der Waals surface area (Å²) in [7, 11) is -1.65. The van der Waals surface area contributed by atoms with Crippen molar-refractivity contribution in [1.82, 2.24) is 14.9 Å². The van der Waals surface area contributed by atoms with E-state index in [4.69, 9.17) is 4.74 Å². The molecular weight excluding hydrogens is 486 g/mol. The smallest absolute Gasteiger partial charge is 0.215 e. The molecule has 1 aliphatic rings. The normalized spacial score (nSPS) is 15.9. The van der Waals surface area contributed by atoms with E-state index in [0.717, 1.165) is 17.5 Å². The minimum atomic E-state index is -3.29. The van der Waals surface area contributed by atoms with Crippen LogP contribution in [-0.2, 0) is 21.2 Å². The summed E-state index contributed by atoms with van der Waals surface area (Å²) in [5.41, 5.74) is 1.97. The number of sulfonamides is 1. The van der Waals surface area contributed by atoms with Gasteiger partial charge in [-0.05, 0) is 36.6 Å². The number of ether oxygens (including phenoxy) is 1. The lowest BCUT2D eigenvalue weighted by atomic mass is 10.1. The molecule has 0 atom stereocenters. The fourth-order valence-corrected chi connectivity index (χ4v) is 4.05. The standard InChI is InChI=1S/C17H27FN4O3S.HI/c1-14-13-16(18)4-3-15(14)5-6-20-17(19-2)21-7-12-26(23,24)22-8-10-25-11-9-22;/h3-4,13H,5-12H2,1-2H3,(H2,19,20,21);1H. The van der Waals surface area contributed by atoms with Crippen LogP contribution < -0.4 is 10.6 Å². The Labute approximate surface area is 177 Å². The van der Waals surface area contributed by atoms with Crippen LogP contribution in [0.5, 0.6) is 0 Å². The number of hydrogen-bond acceptors (Lipinski definition) is 4. The number of nitrogens with zero attached hydrogens (tertiary/aromatic N) is 2. The summed E-state index contributed by atoms with van der Waals surface area (Å²) in [5, 5.41) is 6.16. The predicted octanol–water partition coefficient (Wildman–Crippen LogP) is 1.12. The SMILES string of the molecule is CN=C(NCCc1ccc(F)cc1C)NCCS(=O)(=O)N1CCOCC1.I. The highest BCUT2D eigenvalue weighted by Crippen LogP contribution is 2.10. The summed E-state index contributed by atoms with van der Waals surface area (Å²) in [4.78, 5) is 4.09. The Balaban J connectivity index is 0.00000364. The quantitative estimate of drug-likeness (QED) is 0.324. The molecule has 0 saturated carbocycles. The molecule has 10 heteroatoms. The molecule has 0 aliphatic carbocycles. The summed E-state index contributed by atoms with van der Waals surface area (Å²) < 4.78 is 44.3. The second-order valence-corrected chi connectivity index (χ2v) is 8.16. The number of aliphatic imine (C=N–C) groups is 1. The minimum absolute atomic E-state index is 0. The van der Waals surface area contributed by atoms with Gasteiger partial charge in [0.1, 0.15) is 5.82 Å². The van der Waals surface area contributed by atoms with Crippen LogP contribution in [0.4, 0.5) is 4.39 Å². The number of hydrogen-bond donors (Lipinski definition) is 2. The molecule has 7 nitrogen and oxygen atoms in total. The van der Waals surface area contributed by atoms with Gasteiger partial charge in [-0.25, -0.2) is 12.8 Å². The Kier molecular flexibility index (Phi) is 10.5. The van der Waals surface area contributed by atoms with Gasteiger partial charge in [-0.15, -0.1) is 24.0 Å². The number of benzene rings is 1. The van der Waals surface area contributed by atoms with Gasteiger partial charge < -0.3 is 15.4 Å². The first-order valence-corrected chi connectivity index (χ1v) is 10.3. The number of halogens is 2. The molecule has 1 fully saturated rings. The van der Waals surface area contributed by atoms with Crippen molar-refractivity contribution in [2.24, 2.45) is 4.99 Å². The van der Waals surface area contributed by atoms with E-state index in [9.17, 15) is 12.8 Å². The Morgan fingerprint density at radius 3 is 2.56 bits per heavy atom. The topological polar surface area (TPSA) is 83.0 Å². The number of guanidine groups is 1. The minimum Gasteiger partial charge on any atom is -0.379 e. The summed E-state index contributed by atoms with van der Waals surface area (Å²) in [6.07, 6.45) is 0.721. The third-order valence-electron chi connectivity index (χ3n) is 4.23. The van der Waals surface area contributed by atoms with Crippen LogP contribution in [0.1, 0.15) is 11.1 Å². The molecule has 0 unspecified atom stereocenters. The van der Waals surface area contributed by atoms with Crippen molar-refractivity contribution in [2.75, 3.05) is 52.2 Å². The molecular formula is C17H28FIN4O3S. The second kappa shape index (κ2) is 11.8. The highest BCUT2D eigenvalue weighted by Gasteiger charge is 2.23. The van der Waals surface area contributed by atoms with Crippen LogP contribution in [0, 0.1) is 12.7 Å². The average Bonchev–Trinajstić information content (AvgIpc) is 2.62. The highest BCUT2D eigenvalue weighted by atomic mass is 127. The van der Waals surface area contributed by atoms with Gasteiger partial charge in [0.15, 0.2) is 5.96 Å². The average molecular weight is 514 g/mol. The Bertz CT molecular complexity index is 725. The first kappa shape index (κ1) is 24.1. The maximum absolute atomic E-state index is 13.1. The van der Waals surface area contributed by atoms with Crippen molar-refractivity contribution < 1.29 is 17.5 Å². The van der Waals surface area contributed by atoms with Crippen molar-refractivity contribution in [2.45, 2.75) is 13.3 Å². The zero-order valence-electron chi connectivity index (χ0n) is 15.7. The fraction of sp³-hybridized carbons (Fsp3) is 0.588. The van der Waals surface area contributed by atoms with Gasteiger partial charge in [0.05, 0.1) is 19.0 Å². The molecule has 27 heavy (non-hydrogen) atoms. The van der Waals surface area contributed by atoms with E-state index in [0.29, 0.717) is 38.8 Å². The number of morpholine rings is 1. The van der Waals surface area contributed by atoms with Crippen LogP contribution in [0.2, 0.25) is 0 Å². The summed E-state index contributed by atoms with van der Waals surface area (Å²) >= 11 is 0. The van der Waals surface area contributed by atoms with Crippen molar-refractivity contribution >= 4 is 40.0 Å². The van der Waals surface area contributed by atoms with E-state index >= 15 is 0 Å². The van der Waals surface area contributed by atoms with Gasteiger partial charge in [-0.2, -0.15) is 4.31 Å². The van der Waals surface area contributed by atoms with E-state index in [2.05, 4.69) is 15.6 Å². The van der Waals surface area contributed by atoms with Crippen molar-refractivity contribution in [3.63, 3.8) is 0 Å². The molecule has 1 aromatic rings. The monoisotopic (exact) mass is 514 g/mol. The molecule has 0 amide bonds. The van der Waals surface area contributed by atoms with E-state index < -0.39 is 10.0 Å². The maximum atomic E-state index is 13.1. The number of rotatable bonds is 7. The van der Waals surface area contributed by atoms with Gasteiger partial charge in [0.2, 0.25) is 10.0 Å². The van der Waals surface area contributed by atoms with Crippen LogP contribution in [0.25, 0.3) is 0 Å². The zero-order valence-corrected chi connectivity index (χ0v) is 18.8. The molecule has 0 radical (unpaired) electrons. The highest BCUT2D eigenvalue weighted by molar-refractivity contribution is 14.0. The molecule has 1 aliphatic heterocycles. The van der Waals surface area contributed by atoms with E-state index in [1.54, 1.807) is 13.1 Å². The molecule has 0 spiro atoms. The predicted molar refractivity (Wildman–Crippen MR) is 116 cm³/mol. The third-order valence-corrected chi connectivity index (χ3v) is 6.10. The van der Waals surface area contributed by atoms with Gasteiger partial charge in [-0.3, -0.25) is 4.99 Å². The van der Waals surface area contributed by atoms with E-state index in [1.165, 1.54) is 16.4 Å². The Hall–Kier alpha value is -0.980. The zero-order chi connectivity index (χ0) is 19.0. The number of nitrogens with one attached hydrogen (secondary N) is 2. The molecule has 1 aromatic carbocycles. The molecule has 2 rings (SSSR count). The van der Waals surface area contributed by atoms with Gasteiger partial charge in [-0.1, -0.05) is 6.07 Å². The molecule has 2 N–H and O–H groups in total. The Morgan fingerprint density at radius 1 is 1.26 bits per heavy atom. The maximum Gasteiger partial charge on any atom is 0.215 e. The third kappa shape index (κ3) is 7.88. The van der Waals surface area contributed by atoms with Gasteiger partial charge in [0.25, 0.3) is 0 Å². The lowest BCUT2D eigenvalue weighted by Gasteiger charge is -2.26. The fourth-order valence-electron chi connectivity index (χ4n) is 2.73. The molecule has 0 bridgehead atoms. The molecule has 0 aromatic heterocycles. The Morgan fingerprint density at radius 2 is 1.93 bits per heavy atom. The molecule has 1 heterocycles.